The highest BCUT2D eigenvalue weighted by atomic mass is 16.3. The fraction of sp³-hybridized carbons (Fsp3) is 0.250. The predicted octanol–water partition coefficient (Wildman–Crippen LogP) is 0.553. The average molecular weight is 246 g/mol. The van der Waals surface area contributed by atoms with E-state index in [9.17, 15) is 0 Å². The van der Waals surface area contributed by atoms with Gasteiger partial charge in [0.1, 0.15) is 19.3 Å². The van der Waals surface area contributed by atoms with Gasteiger partial charge < -0.3 is 10.2 Å². The van der Waals surface area contributed by atoms with Crippen molar-refractivity contribution in [3.05, 3.63) is 36.2 Å². The van der Waals surface area contributed by atoms with Crippen LogP contribution in [0.15, 0.2) is 30.3 Å². The zero-order valence-corrected chi connectivity index (χ0v) is 9.98. The molecule has 0 radical (unpaired) electrons. The van der Waals surface area contributed by atoms with Gasteiger partial charge in [0.2, 0.25) is 5.95 Å². The number of aliphatic hydroxyl groups excluding tert-OH is 2. The summed E-state index contributed by atoms with van der Waals surface area (Å²) in [6.07, 6.45) is 0. The van der Waals surface area contributed by atoms with E-state index in [1.165, 1.54) is 4.90 Å². The van der Waals surface area contributed by atoms with Crippen LogP contribution in [0.2, 0.25) is 0 Å². The van der Waals surface area contributed by atoms with E-state index >= 15 is 0 Å². The van der Waals surface area contributed by atoms with Crippen molar-refractivity contribution in [1.82, 2.24) is 15.0 Å². The quantitative estimate of drug-likeness (QED) is 0.767. The Morgan fingerprint density at radius 2 is 1.67 bits per heavy atom. The number of hydrogen-bond acceptors (Lipinski definition) is 6. The zero-order chi connectivity index (χ0) is 13.0. The van der Waals surface area contributed by atoms with Crippen LogP contribution in [0.1, 0.15) is 5.82 Å². The molecule has 0 fully saturated rings. The minimum absolute atomic E-state index is 0.256. The predicted molar refractivity (Wildman–Crippen MR) is 66.7 cm³/mol. The molecule has 0 bridgehead atoms. The van der Waals surface area contributed by atoms with E-state index in [0.29, 0.717) is 11.6 Å². The monoisotopic (exact) mass is 246 g/mol. The second-order valence-electron chi connectivity index (χ2n) is 3.69. The normalized spacial score (nSPS) is 10.4. The maximum Gasteiger partial charge on any atom is 0.232 e. The lowest BCUT2D eigenvalue weighted by molar-refractivity contribution is 0.220. The highest BCUT2D eigenvalue weighted by molar-refractivity contribution is 5.55. The Morgan fingerprint density at radius 1 is 1.00 bits per heavy atom. The van der Waals surface area contributed by atoms with Gasteiger partial charge in [-0.1, -0.05) is 30.3 Å². The standard InChI is InChI=1S/C12H14N4O2/c1-9-13-11(10-5-3-2-4-6-10)15-12(14-9)16(7-17)8-18/h2-6,17-18H,7-8H2,1H3. The van der Waals surface area contributed by atoms with Gasteiger partial charge in [-0.25, -0.2) is 4.98 Å². The molecule has 0 unspecified atom stereocenters. The van der Waals surface area contributed by atoms with Crippen LogP contribution in [-0.4, -0.2) is 38.6 Å². The molecule has 2 N–H and O–H groups in total. The third-order valence-electron chi connectivity index (χ3n) is 2.39. The molecule has 1 heterocycles. The van der Waals surface area contributed by atoms with Gasteiger partial charge in [-0.05, 0) is 6.92 Å². The number of aromatic nitrogens is 3. The zero-order valence-electron chi connectivity index (χ0n) is 9.98. The molecular weight excluding hydrogens is 232 g/mol. The van der Waals surface area contributed by atoms with Gasteiger partial charge in [0.15, 0.2) is 5.82 Å². The van der Waals surface area contributed by atoms with Gasteiger partial charge in [-0.2, -0.15) is 9.97 Å². The molecule has 6 heteroatoms. The molecule has 6 nitrogen and oxygen atoms in total. The van der Waals surface area contributed by atoms with E-state index in [-0.39, 0.29) is 19.4 Å². The third kappa shape index (κ3) is 2.61. The minimum Gasteiger partial charge on any atom is -0.376 e. The minimum atomic E-state index is -0.353. The fourth-order valence-corrected chi connectivity index (χ4v) is 1.50. The molecule has 0 aliphatic carbocycles. The van der Waals surface area contributed by atoms with E-state index < -0.39 is 0 Å². The summed E-state index contributed by atoms with van der Waals surface area (Å²) in [7, 11) is 0. The number of anilines is 1. The van der Waals surface area contributed by atoms with Crippen molar-refractivity contribution in [2.45, 2.75) is 6.92 Å². The number of aliphatic hydroxyl groups is 2. The van der Waals surface area contributed by atoms with Crippen LogP contribution in [0, 0.1) is 6.92 Å². The fourth-order valence-electron chi connectivity index (χ4n) is 1.50. The Hall–Kier alpha value is -2.05. The molecule has 18 heavy (non-hydrogen) atoms. The molecule has 2 rings (SSSR count). The number of hydrogen-bond donors (Lipinski definition) is 2. The number of rotatable bonds is 4. The molecule has 1 aromatic carbocycles. The lowest BCUT2D eigenvalue weighted by Gasteiger charge is -2.17. The maximum atomic E-state index is 9.10. The van der Waals surface area contributed by atoms with Crippen molar-refractivity contribution in [1.29, 1.82) is 0 Å². The summed E-state index contributed by atoms with van der Waals surface area (Å²) in [5.41, 5.74) is 0.861. The summed E-state index contributed by atoms with van der Waals surface area (Å²) in [4.78, 5) is 13.8. The number of nitrogens with zero attached hydrogens (tertiary/aromatic N) is 4. The van der Waals surface area contributed by atoms with Gasteiger partial charge in [0, 0.05) is 5.56 Å². The van der Waals surface area contributed by atoms with Crippen molar-refractivity contribution in [2.24, 2.45) is 0 Å². The van der Waals surface area contributed by atoms with E-state index in [2.05, 4.69) is 15.0 Å². The van der Waals surface area contributed by atoms with Crippen LogP contribution in [0.25, 0.3) is 11.4 Å². The van der Waals surface area contributed by atoms with Crippen LogP contribution in [-0.2, 0) is 0 Å². The first-order chi connectivity index (χ1) is 8.74. The first-order valence-electron chi connectivity index (χ1n) is 5.49. The van der Waals surface area contributed by atoms with Crippen molar-refractivity contribution < 1.29 is 10.2 Å². The van der Waals surface area contributed by atoms with Crippen molar-refractivity contribution in [2.75, 3.05) is 18.4 Å². The lowest BCUT2D eigenvalue weighted by Crippen LogP contribution is -2.27. The molecule has 0 saturated heterocycles. The summed E-state index contributed by atoms with van der Waals surface area (Å²) < 4.78 is 0. The highest BCUT2D eigenvalue weighted by Gasteiger charge is 2.11. The van der Waals surface area contributed by atoms with Crippen LogP contribution in [0.3, 0.4) is 0 Å². The molecule has 0 aliphatic rings. The number of aryl methyl sites for hydroxylation is 1. The van der Waals surface area contributed by atoms with E-state index in [1.54, 1.807) is 6.92 Å². The SMILES string of the molecule is Cc1nc(-c2ccccc2)nc(N(CO)CO)n1. The Kier molecular flexibility index (Phi) is 3.81. The van der Waals surface area contributed by atoms with Crippen LogP contribution < -0.4 is 4.90 Å². The first-order valence-corrected chi connectivity index (χ1v) is 5.49. The van der Waals surface area contributed by atoms with Gasteiger partial charge in [0.05, 0.1) is 0 Å². The van der Waals surface area contributed by atoms with Gasteiger partial charge in [-0.15, -0.1) is 0 Å². The Labute approximate surface area is 105 Å². The molecule has 0 spiro atoms. The average Bonchev–Trinajstić information content (AvgIpc) is 2.40. The van der Waals surface area contributed by atoms with Crippen LogP contribution >= 0.6 is 0 Å². The van der Waals surface area contributed by atoms with E-state index in [4.69, 9.17) is 10.2 Å². The molecule has 2 aromatic rings. The van der Waals surface area contributed by atoms with Gasteiger partial charge in [0.25, 0.3) is 0 Å². The molecule has 0 aliphatic heterocycles. The van der Waals surface area contributed by atoms with E-state index in [1.807, 2.05) is 30.3 Å². The van der Waals surface area contributed by atoms with Crippen LogP contribution in [0.5, 0.6) is 0 Å². The molecular formula is C12H14N4O2. The Morgan fingerprint density at radius 3 is 2.28 bits per heavy atom. The maximum absolute atomic E-state index is 9.10. The molecule has 1 aromatic heterocycles. The summed E-state index contributed by atoms with van der Waals surface area (Å²) in [5, 5.41) is 18.2. The Balaban J connectivity index is 2.44. The number of benzene rings is 1. The van der Waals surface area contributed by atoms with Crippen molar-refractivity contribution in [3.8, 4) is 11.4 Å². The summed E-state index contributed by atoms with van der Waals surface area (Å²) >= 11 is 0. The lowest BCUT2D eigenvalue weighted by atomic mass is 10.2. The molecule has 0 atom stereocenters. The van der Waals surface area contributed by atoms with Gasteiger partial charge >= 0.3 is 0 Å². The molecule has 94 valence electrons. The summed E-state index contributed by atoms with van der Waals surface area (Å²) in [6, 6.07) is 9.47. The second-order valence-corrected chi connectivity index (χ2v) is 3.69. The topological polar surface area (TPSA) is 82.4 Å². The Bertz CT molecular complexity index is 515. The highest BCUT2D eigenvalue weighted by Crippen LogP contribution is 2.16. The van der Waals surface area contributed by atoms with Crippen molar-refractivity contribution >= 4 is 5.95 Å². The molecule has 0 saturated carbocycles. The second kappa shape index (κ2) is 5.52. The van der Waals surface area contributed by atoms with E-state index in [0.717, 1.165) is 5.56 Å². The first kappa shape index (κ1) is 12.4. The van der Waals surface area contributed by atoms with Gasteiger partial charge in [-0.3, -0.25) is 4.90 Å². The smallest absolute Gasteiger partial charge is 0.232 e. The van der Waals surface area contributed by atoms with Crippen LogP contribution in [0.4, 0.5) is 5.95 Å². The molecule has 0 amide bonds. The largest absolute Gasteiger partial charge is 0.376 e. The third-order valence-corrected chi connectivity index (χ3v) is 2.39. The summed E-state index contributed by atoms with van der Waals surface area (Å²) in [5.74, 6) is 1.31. The summed E-state index contributed by atoms with van der Waals surface area (Å²) in [6.45, 7) is 1.03. The van der Waals surface area contributed by atoms with Crippen molar-refractivity contribution in [3.63, 3.8) is 0 Å².